The fourth-order valence-electron chi connectivity index (χ4n) is 5.29. The second-order valence-electron chi connectivity index (χ2n) is 12.4. The molecule has 6 N–H and O–H groups in total. The largest absolute Gasteiger partial charge is 2.00 e. The van der Waals surface area contributed by atoms with Gasteiger partial charge in [0.2, 0.25) is 0 Å². The molecular formula is C33H54ClCu3N12O8S3W-3. The van der Waals surface area contributed by atoms with E-state index in [1.54, 1.807) is 0 Å². The Morgan fingerprint density at radius 1 is 0.361 bits per heavy atom. The van der Waals surface area contributed by atoms with Crippen molar-refractivity contribution < 1.29 is 123 Å². The summed E-state index contributed by atoms with van der Waals surface area (Å²) in [4.78, 5) is 0. The van der Waals surface area contributed by atoms with Crippen molar-refractivity contribution in [3.8, 4) is 0 Å². The van der Waals surface area contributed by atoms with Gasteiger partial charge in [-0.1, -0.05) is 0 Å². The smallest absolute Gasteiger partial charge is 2.00 e. The summed E-state index contributed by atoms with van der Waals surface area (Å²) in [7, 11) is -4.94. The van der Waals surface area contributed by atoms with Crippen LogP contribution in [-0.2, 0) is 138 Å². The van der Waals surface area contributed by atoms with Gasteiger partial charge >= 0.3 is 51.2 Å². The summed E-state index contributed by atoms with van der Waals surface area (Å²) in [6.45, 7) is 26.5. The van der Waals surface area contributed by atoms with Crippen LogP contribution in [0.3, 0.4) is 0 Å². The summed E-state index contributed by atoms with van der Waals surface area (Å²) in [5.41, 5.74) is 13.3. The molecule has 0 aliphatic heterocycles. The summed E-state index contributed by atoms with van der Waals surface area (Å²) in [6.07, 6.45) is 0. The number of nitrogens with zero attached hydrogens (tertiary/aromatic N) is 12. The summed E-state index contributed by atoms with van der Waals surface area (Å²) < 4.78 is 45.8. The molecule has 0 aliphatic carbocycles. The van der Waals surface area contributed by atoms with Crippen LogP contribution in [0, 0.1) is 93.3 Å². The Bertz CT molecular complexity index is 1690. The van der Waals surface area contributed by atoms with Crippen LogP contribution in [0.2, 0.25) is 0 Å². The number of aromatic nitrogens is 12. The predicted octanol–water partition coefficient (Wildman–Crippen LogP) is -1.91. The second-order valence-corrected chi connectivity index (χ2v) is 13.1. The molecule has 20 nitrogen and oxygen atoms in total. The van der Waals surface area contributed by atoms with Crippen molar-refractivity contribution in [2.75, 3.05) is 0 Å². The minimum absolute atomic E-state index is 0. The van der Waals surface area contributed by atoms with Crippen molar-refractivity contribution in [3.63, 3.8) is 0 Å². The number of hydrogen-bond acceptors (Lipinski definition) is 10. The first-order chi connectivity index (χ1) is 23.2. The summed E-state index contributed by atoms with van der Waals surface area (Å²) in [5.74, 6) is 0. The van der Waals surface area contributed by atoms with Crippen LogP contribution in [0.25, 0.3) is 0 Å². The van der Waals surface area contributed by atoms with Crippen LogP contribution in [0.4, 0.5) is 0 Å². The van der Waals surface area contributed by atoms with Gasteiger partial charge in [0.25, 0.3) is 0 Å². The molecular weight excluding hydrogens is 1200 g/mol. The average molecular weight is 1250 g/mol. The SMILES string of the molecule is Cc1cc(C)n(Cn2nc(C)cc2C)n1.Cc1cc(C)n(Cn2nc(C)cc2C)n1.Cc1cc(C)n(Cn2nc(C)cc2C)n1.O.O.O.[Cu+2].[Cu+2].[Cu+2].[O-2].[O-][Cl+3]([O-])([O-])[O-].[S-2].[S-2].[S-2].[W]. The molecule has 0 aromatic carbocycles. The van der Waals surface area contributed by atoms with Crippen LogP contribution in [0.5, 0.6) is 0 Å². The Morgan fingerprint density at radius 2 is 0.459 bits per heavy atom. The van der Waals surface area contributed by atoms with E-state index in [1.165, 1.54) is 34.2 Å². The molecule has 0 unspecified atom stereocenters. The van der Waals surface area contributed by atoms with Crippen LogP contribution in [-0.4, -0.2) is 75.1 Å². The van der Waals surface area contributed by atoms with Gasteiger partial charge in [-0.2, -0.15) is 30.6 Å². The third-order valence-electron chi connectivity index (χ3n) is 7.42. The number of rotatable bonds is 6. The van der Waals surface area contributed by atoms with Crippen molar-refractivity contribution in [2.24, 2.45) is 0 Å². The molecule has 0 saturated carbocycles. The Morgan fingerprint density at radius 3 is 0.525 bits per heavy atom. The molecule has 6 aromatic rings. The van der Waals surface area contributed by atoms with E-state index in [9.17, 15) is 0 Å². The van der Waals surface area contributed by atoms with Gasteiger partial charge in [-0.05, 0) is 119 Å². The van der Waals surface area contributed by atoms with Gasteiger partial charge in [0.15, 0.2) is 0 Å². The Balaban J connectivity index is -0.0000000828. The molecule has 0 amide bonds. The van der Waals surface area contributed by atoms with E-state index >= 15 is 0 Å². The number of halogens is 1. The third kappa shape index (κ3) is 27.5. The first-order valence-electron chi connectivity index (χ1n) is 15.9. The minimum atomic E-state index is -4.94. The standard InChI is InChI=1S/3C11H16N4.ClHO4.3Cu.3H2O.O.3S.W/c3*1-8-5-10(3)14(12-8)7-15-11(4)6-9(2)13-15;2-1(3,4)5;;;;;;;;;;;/h3*5-6H,7H2,1-4H3;(H,2,3,4,5);;;;3*1H2;;;;;/q;;;;3*+2;;;;4*-2;/p-1. The van der Waals surface area contributed by atoms with Crippen molar-refractivity contribution >= 4 is 40.5 Å². The number of hydrogen-bond donors (Lipinski definition) is 0. The third-order valence-corrected chi connectivity index (χ3v) is 7.42. The van der Waals surface area contributed by atoms with Gasteiger partial charge in [0, 0.05) is 55.2 Å². The van der Waals surface area contributed by atoms with Crippen LogP contribution >= 0.6 is 0 Å². The van der Waals surface area contributed by atoms with Crippen molar-refractivity contribution in [1.29, 1.82) is 0 Å². The maximum Gasteiger partial charge on any atom is 2.00 e. The monoisotopic (exact) mass is 1250 g/mol. The summed E-state index contributed by atoms with van der Waals surface area (Å²) in [6, 6.07) is 12.5. The predicted molar refractivity (Wildman–Crippen MR) is 210 cm³/mol. The van der Waals surface area contributed by atoms with Crippen molar-refractivity contribution in [1.82, 2.24) is 58.7 Å². The van der Waals surface area contributed by atoms with Crippen LogP contribution < -0.4 is 18.6 Å². The molecule has 0 bridgehead atoms. The molecule has 0 saturated heterocycles. The van der Waals surface area contributed by atoms with Gasteiger partial charge < -0.3 is 62.4 Å². The molecule has 361 valence electrons. The Labute approximate surface area is 426 Å². The zero-order valence-electron chi connectivity index (χ0n) is 35.4. The zero-order valence-corrected chi connectivity index (χ0v) is 44.4. The normalized spacial score (nSPS) is 9.05. The van der Waals surface area contributed by atoms with Crippen molar-refractivity contribution in [2.45, 2.75) is 103 Å². The molecule has 0 atom stereocenters. The van der Waals surface area contributed by atoms with E-state index in [1.807, 2.05) is 69.6 Å². The first-order valence-corrected chi connectivity index (χ1v) is 17.1. The number of aryl methyl sites for hydroxylation is 12. The van der Waals surface area contributed by atoms with Crippen LogP contribution in [0.1, 0.15) is 68.3 Å². The van der Waals surface area contributed by atoms with E-state index < -0.39 is 10.2 Å². The molecule has 0 spiro atoms. The quantitative estimate of drug-likeness (QED) is 0.167. The van der Waals surface area contributed by atoms with Gasteiger partial charge in [-0.15, -0.1) is 10.2 Å². The molecule has 6 aromatic heterocycles. The van der Waals surface area contributed by atoms with E-state index in [-0.39, 0.29) is 135 Å². The average Bonchev–Trinajstić information content (AvgIpc) is 3.78. The van der Waals surface area contributed by atoms with Gasteiger partial charge in [0.1, 0.15) is 20.0 Å². The minimum Gasteiger partial charge on any atom is -2.00 e. The molecule has 28 heteroatoms. The molecule has 6 rings (SSSR count). The maximum atomic E-state index is 8.49. The maximum absolute atomic E-state index is 8.49. The Kier molecular flexibility index (Phi) is 46.9. The molecule has 61 heavy (non-hydrogen) atoms. The summed E-state index contributed by atoms with van der Waals surface area (Å²) in [5, 5.41) is 26.5. The van der Waals surface area contributed by atoms with Crippen molar-refractivity contribution in [3.05, 3.63) is 105 Å². The van der Waals surface area contributed by atoms with E-state index in [2.05, 4.69) is 109 Å². The van der Waals surface area contributed by atoms with E-state index in [4.69, 9.17) is 18.6 Å². The van der Waals surface area contributed by atoms with Gasteiger partial charge in [-0.25, -0.2) is 46.7 Å². The fraction of sp³-hybridized carbons (Fsp3) is 0.455. The van der Waals surface area contributed by atoms with Gasteiger partial charge in [-0.3, -0.25) is 0 Å². The topological polar surface area (TPSA) is 322 Å². The zero-order chi connectivity index (χ0) is 37.5. The molecule has 0 aliphatic rings. The van der Waals surface area contributed by atoms with E-state index in [0.717, 1.165) is 34.2 Å². The first kappa shape index (κ1) is 79.9. The van der Waals surface area contributed by atoms with Gasteiger partial charge in [0.05, 0.1) is 34.2 Å². The molecule has 6 heterocycles. The Hall–Kier alpha value is -1.47. The summed E-state index contributed by atoms with van der Waals surface area (Å²) >= 11 is 0. The van der Waals surface area contributed by atoms with Crippen LogP contribution in [0.15, 0.2) is 36.4 Å². The van der Waals surface area contributed by atoms with E-state index in [0.29, 0.717) is 20.0 Å². The molecule has 3 radical (unpaired) electrons. The fourth-order valence-corrected chi connectivity index (χ4v) is 5.29. The second kappa shape index (κ2) is 35.8. The molecule has 0 fully saturated rings.